The first-order chi connectivity index (χ1) is 9.90. The Morgan fingerprint density at radius 3 is 2.38 bits per heavy atom. The summed E-state index contributed by atoms with van der Waals surface area (Å²) in [5, 5.41) is 2.71. The molecular weight excluding hydrogens is 298 g/mol. The highest BCUT2D eigenvalue weighted by Crippen LogP contribution is 2.15. The number of amides is 1. The van der Waals surface area contributed by atoms with E-state index in [1.807, 2.05) is 0 Å². The van der Waals surface area contributed by atoms with Crippen LogP contribution in [0.5, 0.6) is 5.75 Å². The first kappa shape index (κ1) is 17.4. The normalized spacial score (nSPS) is 11.1. The van der Waals surface area contributed by atoms with Crippen LogP contribution in [0.25, 0.3) is 0 Å². The van der Waals surface area contributed by atoms with Crippen LogP contribution in [0.15, 0.2) is 24.3 Å². The molecule has 118 valence electrons. The van der Waals surface area contributed by atoms with Crippen molar-refractivity contribution in [3.8, 4) is 5.75 Å². The van der Waals surface area contributed by atoms with Gasteiger partial charge in [-0.15, -0.1) is 0 Å². The van der Waals surface area contributed by atoms with E-state index in [4.69, 9.17) is 9.47 Å². The van der Waals surface area contributed by atoms with Crippen LogP contribution in [0.1, 0.15) is 6.42 Å². The molecule has 0 fully saturated rings. The minimum absolute atomic E-state index is 0.0473. The second-order valence-corrected chi connectivity index (χ2v) is 5.83. The summed E-state index contributed by atoms with van der Waals surface area (Å²) in [5.74, 6) is 0.425. The molecule has 1 amide bonds. The van der Waals surface area contributed by atoms with Crippen molar-refractivity contribution in [3.05, 3.63) is 24.3 Å². The highest BCUT2D eigenvalue weighted by Gasteiger charge is 2.03. The predicted molar refractivity (Wildman–Crippen MR) is 77.9 cm³/mol. The van der Waals surface area contributed by atoms with Crippen LogP contribution in [0.4, 0.5) is 5.69 Å². The lowest BCUT2D eigenvalue weighted by Gasteiger charge is -2.08. The molecule has 0 aliphatic heterocycles. The van der Waals surface area contributed by atoms with Gasteiger partial charge in [-0.3, -0.25) is 8.98 Å². The summed E-state index contributed by atoms with van der Waals surface area (Å²) in [7, 11) is -1.91. The number of hydrogen-bond donors (Lipinski definition) is 1. The topological polar surface area (TPSA) is 90.9 Å². The fourth-order valence-electron chi connectivity index (χ4n) is 1.40. The van der Waals surface area contributed by atoms with E-state index in [1.54, 1.807) is 24.3 Å². The quantitative estimate of drug-likeness (QED) is 0.540. The van der Waals surface area contributed by atoms with E-state index in [2.05, 4.69) is 9.50 Å². The van der Waals surface area contributed by atoms with Crippen molar-refractivity contribution < 1.29 is 26.9 Å². The molecule has 0 saturated heterocycles. The van der Waals surface area contributed by atoms with E-state index in [9.17, 15) is 13.2 Å². The summed E-state index contributed by atoms with van der Waals surface area (Å²) in [6, 6.07) is 6.73. The molecule has 0 aromatic heterocycles. The fourth-order valence-corrected chi connectivity index (χ4v) is 1.77. The highest BCUT2D eigenvalue weighted by atomic mass is 32.2. The van der Waals surface area contributed by atoms with Crippen molar-refractivity contribution in [2.75, 3.05) is 38.5 Å². The lowest BCUT2D eigenvalue weighted by molar-refractivity contribution is -0.117. The zero-order chi connectivity index (χ0) is 15.7. The molecule has 1 aromatic carbocycles. The number of rotatable bonds is 9. The summed E-state index contributed by atoms with van der Waals surface area (Å²) in [6.45, 7) is 0.439. The molecule has 0 radical (unpaired) electrons. The van der Waals surface area contributed by atoms with Gasteiger partial charge in [-0.1, -0.05) is 0 Å². The monoisotopic (exact) mass is 317 g/mol. The Labute approximate surface area is 124 Å². The van der Waals surface area contributed by atoms with Crippen molar-refractivity contribution in [1.29, 1.82) is 0 Å². The number of nitrogens with one attached hydrogen (secondary N) is 1. The van der Waals surface area contributed by atoms with Gasteiger partial charge in [0.25, 0.3) is 10.1 Å². The maximum Gasteiger partial charge on any atom is 0.264 e. The van der Waals surface area contributed by atoms with Gasteiger partial charge in [0.15, 0.2) is 0 Å². The molecule has 7 nitrogen and oxygen atoms in total. The number of ether oxygens (including phenoxy) is 2. The molecule has 0 heterocycles. The van der Waals surface area contributed by atoms with E-state index in [0.29, 0.717) is 18.0 Å². The Balaban J connectivity index is 2.35. The van der Waals surface area contributed by atoms with Gasteiger partial charge >= 0.3 is 0 Å². The lowest BCUT2D eigenvalue weighted by Crippen LogP contribution is -2.13. The zero-order valence-electron chi connectivity index (χ0n) is 12.0. The molecule has 0 spiro atoms. The number of carbonyl (C=O) groups is 1. The Morgan fingerprint density at radius 1 is 1.14 bits per heavy atom. The molecular formula is C13H19NO6S. The van der Waals surface area contributed by atoms with Crippen LogP contribution >= 0.6 is 0 Å². The third-order valence-corrected chi connectivity index (χ3v) is 2.92. The van der Waals surface area contributed by atoms with E-state index in [0.717, 1.165) is 6.26 Å². The first-order valence-electron chi connectivity index (χ1n) is 6.27. The van der Waals surface area contributed by atoms with Crippen LogP contribution in [0, 0.1) is 0 Å². The van der Waals surface area contributed by atoms with Gasteiger partial charge < -0.3 is 14.8 Å². The molecule has 0 saturated carbocycles. The maximum absolute atomic E-state index is 11.5. The summed E-state index contributed by atoms with van der Waals surface area (Å²) in [5.41, 5.74) is 0.649. The van der Waals surface area contributed by atoms with E-state index in [1.165, 1.54) is 7.11 Å². The lowest BCUT2D eigenvalue weighted by atomic mass is 10.3. The van der Waals surface area contributed by atoms with Crippen molar-refractivity contribution in [3.63, 3.8) is 0 Å². The molecule has 8 heteroatoms. The van der Waals surface area contributed by atoms with Crippen LogP contribution < -0.4 is 10.1 Å². The van der Waals surface area contributed by atoms with Gasteiger partial charge in [0.1, 0.15) is 19.0 Å². The van der Waals surface area contributed by atoms with Gasteiger partial charge in [0.05, 0.1) is 19.3 Å². The Kier molecular flexibility index (Phi) is 7.13. The molecule has 1 aromatic rings. The molecule has 1 rings (SSSR count). The summed E-state index contributed by atoms with van der Waals surface area (Å²) in [4.78, 5) is 11.5. The number of benzene rings is 1. The fraction of sp³-hybridized carbons (Fsp3) is 0.462. The number of anilines is 1. The van der Waals surface area contributed by atoms with Crippen molar-refractivity contribution >= 4 is 21.7 Å². The minimum atomic E-state index is -3.44. The second kappa shape index (κ2) is 8.60. The van der Waals surface area contributed by atoms with E-state index in [-0.39, 0.29) is 25.5 Å². The van der Waals surface area contributed by atoms with Crippen molar-refractivity contribution in [1.82, 2.24) is 0 Å². The van der Waals surface area contributed by atoms with Crippen LogP contribution in [-0.2, 0) is 23.8 Å². The second-order valence-electron chi connectivity index (χ2n) is 4.19. The SMILES string of the molecule is COCCC(=O)Nc1ccc(OCCOS(C)(=O)=O)cc1. The Morgan fingerprint density at radius 2 is 1.81 bits per heavy atom. The van der Waals surface area contributed by atoms with Crippen LogP contribution in [0.3, 0.4) is 0 Å². The molecule has 0 aliphatic carbocycles. The average Bonchev–Trinajstić information content (AvgIpc) is 2.42. The highest BCUT2D eigenvalue weighted by molar-refractivity contribution is 7.85. The molecule has 0 bridgehead atoms. The Hall–Kier alpha value is -1.64. The van der Waals surface area contributed by atoms with Crippen LogP contribution in [0.2, 0.25) is 0 Å². The predicted octanol–water partition coefficient (Wildman–Crippen LogP) is 1.02. The van der Waals surface area contributed by atoms with Gasteiger partial charge in [-0.25, -0.2) is 0 Å². The molecule has 21 heavy (non-hydrogen) atoms. The smallest absolute Gasteiger partial charge is 0.264 e. The van der Waals surface area contributed by atoms with E-state index >= 15 is 0 Å². The third-order valence-electron chi connectivity index (χ3n) is 2.32. The third kappa shape index (κ3) is 8.28. The van der Waals surface area contributed by atoms with Crippen molar-refractivity contribution in [2.24, 2.45) is 0 Å². The van der Waals surface area contributed by atoms with Crippen LogP contribution in [-0.4, -0.2) is 47.5 Å². The number of hydrogen-bond acceptors (Lipinski definition) is 6. The molecule has 0 aliphatic rings. The number of methoxy groups -OCH3 is 1. The van der Waals surface area contributed by atoms with E-state index < -0.39 is 10.1 Å². The minimum Gasteiger partial charge on any atom is -0.491 e. The largest absolute Gasteiger partial charge is 0.491 e. The van der Waals surface area contributed by atoms with Gasteiger partial charge in [-0.2, -0.15) is 8.42 Å². The average molecular weight is 317 g/mol. The summed E-state index contributed by atoms with van der Waals surface area (Å²) < 4.78 is 36.1. The molecule has 0 atom stereocenters. The molecule has 0 unspecified atom stereocenters. The molecule has 1 N–H and O–H groups in total. The standard InChI is InChI=1S/C13H19NO6S/c1-18-8-7-13(15)14-11-3-5-12(6-4-11)19-9-10-20-21(2,16)17/h3-6H,7-10H2,1-2H3,(H,14,15). The Bertz CT molecular complexity index is 540. The maximum atomic E-state index is 11.5. The van der Waals surface area contributed by atoms with Crippen molar-refractivity contribution in [2.45, 2.75) is 6.42 Å². The number of carbonyl (C=O) groups excluding carboxylic acids is 1. The summed E-state index contributed by atoms with van der Waals surface area (Å²) in [6.07, 6.45) is 1.27. The summed E-state index contributed by atoms with van der Waals surface area (Å²) >= 11 is 0. The van der Waals surface area contributed by atoms with Gasteiger partial charge in [0, 0.05) is 12.8 Å². The van der Waals surface area contributed by atoms with Gasteiger partial charge in [0.2, 0.25) is 5.91 Å². The van der Waals surface area contributed by atoms with Gasteiger partial charge in [-0.05, 0) is 24.3 Å². The first-order valence-corrected chi connectivity index (χ1v) is 8.08. The zero-order valence-corrected chi connectivity index (χ0v) is 12.8.